The van der Waals surface area contributed by atoms with Gasteiger partial charge in [0.05, 0.1) is 0 Å². The second-order valence-corrected chi connectivity index (χ2v) is 3.60. The minimum absolute atomic E-state index is 0.174. The first-order valence-electron chi connectivity index (χ1n) is 5.47. The first kappa shape index (κ1) is 13.1. The summed E-state index contributed by atoms with van der Waals surface area (Å²) in [7, 11) is 1.60. The van der Waals surface area contributed by atoms with Crippen LogP contribution in [0.3, 0.4) is 0 Å². The molecule has 0 radical (unpaired) electrons. The number of aliphatic hydroxyl groups excluding tert-OH is 1. The summed E-state index contributed by atoms with van der Waals surface area (Å²) in [5.74, 6) is 0.689. The van der Waals surface area contributed by atoms with Gasteiger partial charge >= 0.3 is 0 Å². The van der Waals surface area contributed by atoms with Crippen molar-refractivity contribution in [1.29, 1.82) is 0 Å². The Morgan fingerprint density at radius 2 is 2.25 bits per heavy atom. The lowest BCUT2D eigenvalue weighted by Crippen LogP contribution is -2.08. The lowest BCUT2D eigenvalue weighted by molar-refractivity contribution is 0.0853. The Morgan fingerprint density at radius 3 is 2.81 bits per heavy atom. The molecule has 16 heavy (non-hydrogen) atoms. The predicted octanol–water partition coefficient (Wildman–Crippen LogP) is 0.939. The number of aliphatic hydroxyl groups is 1. The third-order valence-corrected chi connectivity index (χ3v) is 2.31. The maximum Gasteiger partial charge on any atom is 0.255 e. The zero-order chi connectivity index (χ0) is 12.0. The highest BCUT2D eigenvalue weighted by molar-refractivity contribution is 4.93. The molecule has 0 fully saturated rings. The Balaban J connectivity index is 2.68. The van der Waals surface area contributed by atoms with Gasteiger partial charge in [0.1, 0.15) is 12.2 Å². The van der Waals surface area contributed by atoms with Crippen LogP contribution in [0.5, 0.6) is 0 Å². The van der Waals surface area contributed by atoms with Gasteiger partial charge in [0.25, 0.3) is 5.89 Å². The summed E-state index contributed by atoms with van der Waals surface area (Å²) in [5, 5.41) is 13.4. The van der Waals surface area contributed by atoms with Gasteiger partial charge in [-0.2, -0.15) is 4.98 Å². The fourth-order valence-corrected chi connectivity index (χ4v) is 1.41. The molecule has 1 rings (SSSR count). The van der Waals surface area contributed by atoms with Crippen LogP contribution in [0.25, 0.3) is 0 Å². The highest BCUT2D eigenvalue weighted by Crippen LogP contribution is 2.21. The average Bonchev–Trinajstić information content (AvgIpc) is 2.75. The number of hydrogen-bond acceptors (Lipinski definition) is 6. The molecule has 0 amide bonds. The van der Waals surface area contributed by atoms with E-state index in [1.54, 1.807) is 7.11 Å². The molecule has 6 nitrogen and oxygen atoms in total. The molecule has 0 aromatic carbocycles. The third-order valence-electron chi connectivity index (χ3n) is 2.31. The summed E-state index contributed by atoms with van der Waals surface area (Å²) in [6.07, 6.45) is 1.24. The number of methoxy groups -OCH3 is 1. The molecule has 3 N–H and O–H groups in total. The quantitative estimate of drug-likeness (QED) is 0.722. The van der Waals surface area contributed by atoms with Gasteiger partial charge in [-0.15, -0.1) is 0 Å². The zero-order valence-electron chi connectivity index (χ0n) is 9.72. The molecule has 92 valence electrons. The fraction of sp³-hybridized carbons (Fsp3) is 0.800. The topological polar surface area (TPSA) is 94.4 Å². The Hall–Kier alpha value is -0.980. The smallest absolute Gasteiger partial charge is 0.255 e. The molecule has 0 saturated carbocycles. The molecule has 0 aliphatic heterocycles. The first-order chi connectivity index (χ1) is 7.72. The summed E-state index contributed by atoms with van der Waals surface area (Å²) >= 11 is 0. The number of ether oxygens (including phenoxy) is 1. The van der Waals surface area contributed by atoms with Crippen LogP contribution in [-0.4, -0.2) is 28.9 Å². The Morgan fingerprint density at radius 1 is 1.50 bits per heavy atom. The van der Waals surface area contributed by atoms with Crippen LogP contribution in [0.1, 0.15) is 50.1 Å². The largest absolute Gasteiger partial charge is 0.383 e. The van der Waals surface area contributed by atoms with Crippen LogP contribution >= 0.6 is 0 Å². The standard InChI is InChI=1S/C10H19N3O3/c1-3-4-8(15-2)9-12-10(16-13-9)7(14)5-6-11/h7-8,14H,3-6,11H2,1-2H3/t7-,8?/m0/s1. The molecule has 1 aromatic heterocycles. The fourth-order valence-electron chi connectivity index (χ4n) is 1.41. The summed E-state index contributed by atoms with van der Waals surface area (Å²) in [6.45, 7) is 2.43. The molecule has 0 spiro atoms. The van der Waals surface area contributed by atoms with Gasteiger partial charge in [-0.05, 0) is 19.4 Å². The molecule has 1 aromatic rings. The molecule has 0 bridgehead atoms. The van der Waals surface area contributed by atoms with Gasteiger partial charge in [0.2, 0.25) is 5.82 Å². The maximum absolute atomic E-state index is 9.60. The van der Waals surface area contributed by atoms with E-state index in [2.05, 4.69) is 17.1 Å². The van der Waals surface area contributed by atoms with E-state index in [1.165, 1.54) is 0 Å². The second kappa shape index (κ2) is 6.57. The van der Waals surface area contributed by atoms with Crippen LogP contribution in [0.2, 0.25) is 0 Å². The van der Waals surface area contributed by atoms with Crippen molar-refractivity contribution in [2.24, 2.45) is 5.73 Å². The van der Waals surface area contributed by atoms with E-state index < -0.39 is 6.10 Å². The number of rotatable bonds is 7. The van der Waals surface area contributed by atoms with Gasteiger partial charge < -0.3 is 20.1 Å². The lowest BCUT2D eigenvalue weighted by atomic mass is 10.2. The second-order valence-electron chi connectivity index (χ2n) is 3.60. The van der Waals surface area contributed by atoms with Crippen molar-refractivity contribution in [3.63, 3.8) is 0 Å². The molecule has 0 aliphatic rings. The van der Waals surface area contributed by atoms with Crippen LogP contribution in [-0.2, 0) is 4.74 Å². The van der Waals surface area contributed by atoms with Crippen LogP contribution in [0, 0.1) is 0 Å². The molecule has 6 heteroatoms. The Kier molecular flexibility index (Phi) is 5.37. The molecule has 1 unspecified atom stereocenters. The zero-order valence-corrected chi connectivity index (χ0v) is 9.72. The highest BCUT2D eigenvalue weighted by Gasteiger charge is 2.20. The van der Waals surface area contributed by atoms with E-state index in [-0.39, 0.29) is 12.0 Å². The SMILES string of the molecule is CCCC(OC)c1noc([C@@H](O)CCN)n1. The van der Waals surface area contributed by atoms with Crippen molar-refractivity contribution in [1.82, 2.24) is 10.1 Å². The Labute approximate surface area is 94.8 Å². The van der Waals surface area contributed by atoms with Crippen LogP contribution in [0.4, 0.5) is 0 Å². The monoisotopic (exact) mass is 229 g/mol. The van der Waals surface area contributed by atoms with Crippen molar-refractivity contribution in [3.8, 4) is 0 Å². The predicted molar refractivity (Wildman–Crippen MR) is 57.6 cm³/mol. The highest BCUT2D eigenvalue weighted by atomic mass is 16.5. The molecule has 2 atom stereocenters. The third kappa shape index (κ3) is 3.26. The van der Waals surface area contributed by atoms with Crippen molar-refractivity contribution < 1.29 is 14.4 Å². The maximum atomic E-state index is 9.60. The van der Waals surface area contributed by atoms with Gasteiger partial charge in [0, 0.05) is 7.11 Å². The van der Waals surface area contributed by atoms with Crippen LogP contribution < -0.4 is 5.73 Å². The summed E-state index contributed by atoms with van der Waals surface area (Å²) in [4.78, 5) is 4.11. The molecular formula is C10H19N3O3. The molecule has 0 saturated heterocycles. The van der Waals surface area contributed by atoms with Crippen molar-refractivity contribution in [2.75, 3.05) is 13.7 Å². The number of nitrogens with zero attached hydrogens (tertiary/aromatic N) is 2. The van der Waals surface area contributed by atoms with E-state index in [1.807, 2.05) is 0 Å². The summed E-state index contributed by atoms with van der Waals surface area (Å²) in [6, 6.07) is 0. The van der Waals surface area contributed by atoms with Crippen molar-refractivity contribution in [2.45, 2.75) is 38.4 Å². The Bertz CT molecular complexity index is 303. The van der Waals surface area contributed by atoms with E-state index in [0.29, 0.717) is 18.8 Å². The van der Waals surface area contributed by atoms with Gasteiger partial charge in [0.15, 0.2) is 0 Å². The average molecular weight is 229 g/mol. The molecule has 0 aliphatic carbocycles. The van der Waals surface area contributed by atoms with Gasteiger partial charge in [-0.1, -0.05) is 18.5 Å². The van der Waals surface area contributed by atoms with Gasteiger partial charge in [-0.3, -0.25) is 0 Å². The molecular weight excluding hydrogens is 210 g/mol. The molecule has 1 heterocycles. The van der Waals surface area contributed by atoms with Gasteiger partial charge in [-0.25, -0.2) is 0 Å². The first-order valence-corrected chi connectivity index (χ1v) is 5.47. The summed E-state index contributed by atoms with van der Waals surface area (Å²) in [5.41, 5.74) is 5.33. The summed E-state index contributed by atoms with van der Waals surface area (Å²) < 4.78 is 10.2. The minimum atomic E-state index is -0.787. The van der Waals surface area contributed by atoms with Crippen LogP contribution in [0.15, 0.2) is 4.52 Å². The lowest BCUT2D eigenvalue weighted by Gasteiger charge is -2.08. The number of nitrogens with two attached hydrogens (primary N) is 1. The normalized spacial score (nSPS) is 15.0. The van der Waals surface area contributed by atoms with Crippen molar-refractivity contribution in [3.05, 3.63) is 11.7 Å². The number of hydrogen-bond donors (Lipinski definition) is 2. The van der Waals surface area contributed by atoms with E-state index in [0.717, 1.165) is 12.8 Å². The van der Waals surface area contributed by atoms with Crippen molar-refractivity contribution >= 4 is 0 Å². The minimum Gasteiger partial charge on any atom is -0.383 e. The van der Waals surface area contributed by atoms with E-state index in [9.17, 15) is 5.11 Å². The van der Waals surface area contributed by atoms with E-state index in [4.69, 9.17) is 15.0 Å². The number of aromatic nitrogens is 2. The van der Waals surface area contributed by atoms with E-state index >= 15 is 0 Å².